The van der Waals surface area contributed by atoms with Gasteiger partial charge in [-0.1, -0.05) is 11.6 Å². The van der Waals surface area contributed by atoms with Gasteiger partial charge >= 0.3 is 0 Å². The minimum atomic E-state index is -0.337. The Morgan fingerprint density at radius 1 is 1.47 bits per heavy atom. The van der Waals surface area contributed by atoms with E-state index in [-0.39, 0.29) is 18.1 Å². The Hall–Kier alpha value is -1.26. The van der Waals surface area contributed by atoms with Crippen LogP contribution in [0.3, 0.4) is 0 Å². The van der Waals surface area contributed by atoms with Crippen molar-refractivity contribution in [3.63, 3.8) is 0 Å². The van der Waals surface area contributed by atoms with Crippen LogP contribution in [0.5, 0.6) is 0 Å². The molecule has 3 N–H and O–H groups in total. The predicted molar refractivity (Wildman–Crippen MR) is 70.2 cm³/mol. The summed E-state index contributed by atoms with van der Waals surface area (Å²) in [6, 6.07) is 4.93. The van der Waals surface area contributed by atoms with Gasteiger partial charge < -0.3 is 15.8 Å². The van der Waals surface area contributed by atoms with Crippen LogP contribution in [0.2, 0.25) is 5.02 Å². The molecule has 0 spiro atoms. The maximum absolute atomic E-state index is 11.5. The maximum Gasteiger partial charge on any atom is 0.250 e. The number of carbonyl (C=O) groups is 1. The third kappa shape index (κ3) is 5.06. The van der Waals surface area contributed by atoms with Crippen LogP contribution in [0.25, 0.3) is 0 Å². The first kappa shape index (κ1) is 13.8. The number of amides is 1. The Labute approximate surface area is 106 Å². The largest absolute Gasteiger partial charge is 0.397 e. The van der Waals surface area contributed by atoms with Gasteiger partial charge in [0.05, 0.1) is 16.3 Å². The second-order valence-corrected chi connectivity index (χ2v) is 5.09. The van der Waals surface area contributed by atoms with E-state index >= 15 is 0 Å². The van der Waals surface area contributed by atoms with E-state index in [4.69, 9.17) is 22.1 Å². The van der Waals surface area contributed by atoms with Gasteiger partial charge in [0.1, 0.15) is 6.61 Å². The van der Waals surface area contributed by atoms with Gasteiger partial charge in [-0.05, 0) is 39.0 Å². The lowest BCUT2D eigenvalue weighted by molar-refractivity contribution is -0.125. The zero-order valence-corrected chi connectivity index (χ0v) is 11.0. The molecule has 94 valence electrons. The number of carbonyl (C=O) groups excluding carboxylic acids is 1. The molecule has 0 atom stereocenters. The molecule has 0 radical (unpaired) electrons. The molecule has 0 bridgehead atoms. The first-order valence-corrected chi connectivity index (χ1v) is 5.64. The summed E-state index contributed by atoms with van der Waals surface area (Å²) in [5.74, 6) is -0.221. The van der Waals surface area contributed by atoms with Crippen LogP contribution in [-0.2, 0) is 9.53 Å². The summed E-state index contributed by atoms with van der Waals surface area (Å²) in [5, 5.41) is 3.15. The Kier molecular flexibility index (Phi) is 4.37. The van der Waals surface area contributed by atoms with E-state index in [1.165, 1.54) is 0 Å². The molecule has 0 aliphatic rings. The van der Waals surface area contributed by atoms with E-state index in [1.807, 2.05) is 20.8 Å². The quantitative estimate of drug-likeness (QED) is 0.818. The van der Waals surface area contributed by atoms with Crippen LogP contribution in [0.15, 0.2) is 18.2 Å². The molecule has 0 saturated carbocycles. The fourth-order valence-corrected chi connectivity index (χ4v) is 1.22. The number of hydrogen-bond acceptors (Lipinski definition) is 3. The third-order valence-electron chi connectivity index (χ3n) is 1.92. The van der Waals surface area contributed by atoms with Crippen molar-refractivity contribution in [2.75, 3.05) is 17.7 Å². The van der Waals surface area contributed by atoms with Gasteiger partial charge in [0.2, 0.25) is 5.91 Å². The van der Waals surface area contributed by atoms with Crippen LogP contribution in [-0.4, -0.2) is 18.1 Å². The molecule has 0 saturated heterocycles. The Morgan fingerprint density at radius 3 is 2.65 bits per heavy atom. The molecule has 1 rings (SSSR count). The first-order valence-electron chi connectivity index (χ1n) is 5.27. The molecule has 0 fully saturated rings. The van der Waals surface area contributed by atoms with Crippen molar-refractivity contribution in [1.29, 1.82) is 0 Å². The van der Waals surface area contributed by atoms with Gasteiger partial charge in [0.25, 0.3) is 0 Å². The number of halogens is 1. The van der Waals surface area contributed by atoms with Gasteiger partial charge in [-0.25, -0.2) is 0 Å². The van der Waals surface area contributed by atoms with Crippen LogP contribution < -0.4 is 11.1 Å². The second kappa shape index (κ2) is 5.38. The summed E-state index contributed by atoms with van der Waals surface area (Å²) < 4.78 is 5.35. The van der Waals surface area contributed by atoms with E-state index in [1.54, 1.807) is 18.2 Å². The van der Waals surface area contributed by atoms with Crippen molar-refractivity contribution in [3.05, 3.63) is 23.2 Å². The van der Waals surface area contributed by atoms with Crippen molar-refractivity contribution in [1.82, 2.24) is 0 Å². The Balaban J connectivity index is 2.54. The topological polar surface area (TPSA) is 64.3 Å². The lowest BCUT2D eigenvalue weighted by Gasteiger charge is -2.19. The average Bonchev–Trinajstić information content (AvgIpc) is 2.20. The molecule has 1 amide bonds. The number of rotatable bonds is 3. The summed E-state index contributed by atoms with van der Waals surface area (Å²) in [6.45, 7) is 5.67. The Morgan fingerprint density at radius 2 is 2.12 bits per heavy atom. The molecule has 0 aromatic heterocycles. The van der Waals surface area contributed by atoms with Crippen molar-refractivity contribution in [3.8, 4) is 0 Å². The molecule has 4 nitrogen and oxygen atoms in total. The summed E-state index contributed by atoms with van der Waals surface area (Å²) in [4.78, 5) is 11.5. The SMILES string of the molecule is CC(C)(C)OCC(=O)Nc1ccc(Cl)c(N)c1. The highest BCUT2D eigenvalue weighted by atomic mass is 35.5. The maximum atomic E-state index is 11.5. The molecule has 5 heteroatoms. The van der Waals surface area contributed by atoms with Gasteiger partial charge in [-0.2, -0.15) is 0 Å². The molecule has 0 unspecified atom stereocenters. The Bertz CT molecular complexity index is 413. The monoisotopic (exact) mass is 256 g/mol. The van der Waals surface area contributed by atoms with Crippen LogP contribution in [0.4, 0.5) is 11.4 Å². The summed E-state index contributed by atoms with van der Waals surface area (Å²) >= 11 is 5.78. The molecule has 1 aromatic rings. The molecular weight excluding hydrogens is 240 g/mol. The highest BCUT2D eigenvalue weighted by Crippen LogP contribution is 2.22. The number of nitrogens with two attached hydrogens (primary N) is 1. The van der Waals surface area contributed by atoms with E-state index in [9.17, 15) is 4.79 Å². The normalized spacial score (nSPS) is 11.3. The standard InChI is InChI=1S/C12H17ClN2O2/c1-12(2,3)17-7-11(16)15-8-4-5-9(13)10(14)6-8/h4-6H,7,14H2,1-3H3,(H,15,16). The van der Waals surface area contributed by atoms with E-state index in [2.05, 4.69) is 5.32 Å². The van der Waals surface area contributed by atoms with Crippen LogP contribution in [0.1, 0.15) is 20.8 Å². The number of benzene rings is 1. The molecular formula is C12H17ClN2O2. The van der Waals surface area contributed by atoms with Crippen molar-refractivity contribution < 1.29 is 9.53 Å². The highest BCUT2D eigenvalue weighted by Gasteiger charge is 2.13. The highest BCUT2D eigenvalue weighted by molar-refractivity contribution is 6.33. The molecule has 0 aliphatic carbocycles. The molecule has 1 aromatic carbocycles. The van der Waals surface area contributed by atoms with Gasteiger partial charge in [0.15, 0.2) is 0 Å². The van der Waals surface area contributed by atoms with Gasteiger partial charge in [-0.3, -0.25) is 4.79 Å². The predicted octanol–water partition coefficient (Wildman–Crippen LogP) is 2.68. The summed E-state index contributed by atoms with van der Waals surface area (Å²) in [5.41, 5.74) is 6.33. The zero-order chi connectivity index (χ0) is 13.1. The number of ether oxygens (including phenoxy) is 1. The molecule has 0 aliphatic heterocycles. The minimum absolute atomic E-state index is 0.00598. The lowest BCUT2D eigenvalue weighted by atomic mass is 10.2. The summed E-state index contributed by atoms with van der Waals surface area (Å²) in [6.07, 6.45) is 0. The van der Waals surface area contributed by atoms with Crippen molar-refractivity contribution >= 4 is 28.9 Å². The fourth-order valence-electron chi connectivity index (χ4n) is 1.10. The van der Waals surface area contributed by atoms with Gasteiger partial charge in [0, 0.05) is 5.69 Å². The number of nitrogens with one attached hydrogen (secondary N) is 1. The van der Waals surface area contributed by atoms with Crippen LogP contribution in [0, 0.1) is 0 Å². The number of nitrogen functional groups attached to an aromatic ring is 1. The van der Waals surface area contributed by atoms with Crippen molar-refractivity contribution in [2.45, 2.75) is 26.4 Å². The van der Waals surface area contributed by atoms with E-state index in [0.717, 1.165) is 0 Å². The number of hydrogen-bond donors (Lipinski definition) is 2. The third-order valence-corrected chi connectivity index (χ3v) is 2.26. The van der Waals surface area contributed by atoms with E-state index < -0.39 is 0 Å². The second-order valence-electron chi connectivity index (χ2n) is 4.69. The minimum Gasteiger partial charge on any atom is -0.397 e. The molecule has 17 heavy (non-hydrogen) atoms. The smallest absolute Gasteiger partial charge is 0.250 e. The van der Waals surface area contributed by atoms with Gasteiger partial charge in [-0.15, -0.1) is 0 Å². The lowest BCUT2D eigenvalue weighted by Crippen LogP contribution is -2.27. The summed E-state index contributed by atoms with van der Waals surface area (Å²) in [7, 11) is 0. The van der Waals surface area contributed by atoms with E-state index in [0.29, 0.717) is 16.4 Å². The first-order chi connectivity index (χ1) is 7.78. The van der Waals surface area contributed by atoms with Crippen LogP contribution >= 0.6 is 11.6 Å². The van der Waals surface area contributed by atoms with Crippen molar-refractivity contribution in [2.24, 2.45) is 0 Å². The number of anilines is 2. The fraction of sp³-hybridized carbons (Fsp3) is 0.417. The molecule has 0 heterocycles. The average molecular weight is 257 g/mol. The zero-order valence-electron chi connectivity index (χ0n) is 10.2.